The second-order valence-electron chi connectivity index (χ2n) is 8.75. The Balaban J connectivity index is 1.65. The van der Waals surface area contributed by atoms with Crippen LogP contribution in [-0.4, -0.2) is 0 Å². The van der Waals surface area contributed by atoms with Gasteiger partial charge in [0.1, 0.15) is 0 Å². The molecule has 3 aromatic rings. The molecule has 3 heteroatoms. The summed E-state index contributed by atoms with van der Waals surface area (Å²) >= 11 is 5.83. The molecule has 0 aromatic carbocycles. The Kier molecular flexibility index (Phi) is 11.4. The number of hydrogen-bond donors (Lipinski definition) is 0. The molecule has 0 unspecified atom stereocenters. The van der Waals surface area contributed by atoms with E-state index < -0.39 is 0 Å². The SMILES string of the molecule is CCCCCCCCc1csc(-c2ccc(-c3cccs3)s2)c1CCCCCCCC. The summed E-state index contributed by atoms with van der Waals surface area (Å²) < 4.78 is 0. The summed E-state index contributed by atoms with van der Waals surface area (Å²) in [4.78, 5) is 5.85. The van der Waals surface area contributed by atoms with Gasteiger partial charge in [-0.05, 0) is 65.8 Å². The lowest BCUT2D eigenvalue weighted by molar-refractivity contribution is 0.600. The zero-order valence-electron chi connectivity index (χ0n) is 19.6. The molecule has 0 atom stereocenters. The van der Waals surface area contributed by atoms with Gasteiger partial charge < -0.3 is 0 Å². The Labute approximate surface area is 202 Å². The zero-order chi connectivity index (χ0) is 21.7. The smallest absolute Gasteiger partial charge is 0.0477 e. The molecule has 31 heavy (non-hydrogen) atoms. The molecular formula is C28H40S3. The fourth-order valence-corrected chi connectivity index (χ4v) is 7.46. The van der Waals surface area contributed by atoms with Crippen LogP contribution in [-0.2, 0) is 12.8 Å². The molecule has 0 radical (unpaired) electrons. The van der Waals surface area contributed by atoms with E-state index in [1.807, 2.05) is 34.0 Å². The Morgan fingerprint density at radius 3 is 1.94 bits per heavy atom. The Bertz CT molecular complexity index is 838. The molecule has 0 amide bonds. The average molecular weight is 473 g/mol. The highest BCUT2D eigenvalue weighted by Crippen LogP contribution is 2.42. The van der Waals surface area contributed by atoms with Crippen molar-refractivity contribution in [3.05, 3.63) is 46.2 Å². The quantitative estimate of drug-likeness (QED) is 0.182. The third-order valence-corrected chi connectivity index (χ3v) is 9.56. The van der Waals surface area contributed by atoms with Gasteiger partial charge in [0.15, 0.2) is 0 Å². The van der Waals surface area contributed by atoms with Crippen molar-refractivity contribution in [3.63, 3.8) is 0 Å². The minimum Gasteiger partial charge on any atom is -0.143 e. The van der Waals surface area contributed by atoms with Crippen molar-refractivity contribution >= 4 is 34.0 Å². The van der Waals surface area contributed by atoms with Crippen LogP contribution >= 0.6 is 34.0 Å². The molecule has 0 aliphatic carbocycles. The van der Waals surface area contributed by atoms with Crippen LogP contribution in [0.2, 0.25) is 0 Å². The molecule has 0 nitrogen and oxygen atoms in total. The molecule has 0 aliphatic rings. The van der Waals surface area contributed by atoms with E-state index in [-0.39, 0.29) is 0 Å². The zero-order valence-corrected chi connectivity index (χ0v) is 22.0. The normalized spacial score (nSPS) is 11.4. The van der Waals surface area contributed by atoms with Gasteiger partial charge in [0, 0.05) is 19.5 Å². The fourth-order valence-electron chi connectivity index (χ4n) is 4.30. The van der Waals surface area contributed by atoms with Gasteiger partial charge in [-0.15, -0.1) is 34.0 Å². The number of thiophene rings is 3. The van der Waals surface area contributed by atoms with Gasteiger partial charge in [0.25, 0.3) is 0 Å². The van der Waals surface area contributed by atoms with Crippen LogP contribution in [0.3, 0.4) is 0 Å². The highest BCUT2D eigenvalue weighted by molar-refractivity contribution is 7.25. The molecule has 0 spiro atoms. The Morgan fingerprint density at radius 2 is 1.26 bits per heavy atom. The summed E-state index contributed by atoms with van der Waals surface area (Å²) in [6, 6.07) is 9.10. The number of unbranched alkanes of at least 4 members (excludes halogenated alkanes) is 10. The first-order valence-corrected chi connectivity index (χ1v) is 15.1. The summed E-state index contributed by atoms with van der Waals surface area (Å²) in [6.45, 7) is 4.60. The predicted molar refractivity (Wildman–Crippen MR) is 145 cm³/mol. The number of aryl methyl sites for hydroxylation is 1. The lowest BCUT2D eigenvalue weighted by Gasteiger charge is -2.08. The maximum atomic E-state index is 2.48. The first-order valence-electron chi connectivity index (χ1n) is 12.6. The van der Waals surface area contributed by atoms with Gasteiger partial charge in [0.05, 0.1) is 0 Å². The third kappa shape index (κ3) is 7.87. The second-order valence-corrected chi connectivity index (χ2v) is 11.7. The topological polar surface area (TPSA) is 0 Å². The minimum absolute atomic E-state index is 1.27. The largest absolute Gasteiger partial charge is 0.143 e. The predicted octanol–water partition coefficient (Wildman–Crippen LogP) is 11.0. The van der Waals surface area contributed by atoms with Crippen molar-refractivity contribution in [2.75, 3.05) is 0 Å². The van der Waals surface area contributed by atoms with E-state index in [1.54, 1.807) is 16.0 Å². The van der Waals surface area contributed by atoms with Crippen molar-refractivity contribution < 1.29 is 0 Å². The monoisotopic (exact) mass is 472 g/mol. The maximum absolute atomic E-state index is 2.48. The first-order chi connectivity index (χ1) is 15.3. The molecule has 0 bridgehead atoms. The van der Waals surface area contributed by atoms with Gasteiger partial charge in [0.2, 0.25) is 0 Å². The minimum atomic E-state index is 1.27. The van der Waals surface area contributed by atoms with Gasteiger partial charge in [-0.1, -0.05) is 84.1 Å². The maximum Gasteiger partial charge on any atom is 0.0477 e. The van der Waals surface area contributed by atoms with Gasteiger partial charge in [-0.2, -0.15) is 0 Å². The number of rotatable bonds is 16. The third-order valence-electron chi connectivity index (χ3n) is 6.15. The van der Waals surface area contributed by atoms with E-state index in [0.29, 0.717) is 0 Å². The number of hydrogen-bond acceptors (Lipinski definition) is 3. The van der Waals surface area contributed by atoms with E-state index in [0.717, 1.165) is 0 Å². The van der Waals surface area contributed by atoms with Crippen LogP contribution < -0.4 is 0 Å². The van der Waals surface area contributed by atoms with Crippen LogP contribution in [0.5, 0.6) is 0 Å². The highest BCUT2D eigenvalue weighted by Gasteiger charge is 2.15. The fraction of sp³-hybridized carbons (Fsp3) is 0.571. The molecule has 3 aromatic heterocycles. The summed E-state index contributed by atoms with van der Waals surface area (Å²) in [5, 5.41) is 4.67. The molecule has 0 fully saturated rings. The molecule has 0 saturated heterocycles. The standard InChI is InChI=1S/C28H40S3/c1-3-5-7-9-11-13-16-23-22-30-28(24(23)17-14-12-10-8-6-4-2)27-20-19-26(31-27)25-18-15-21-29-25/h15,18-22H,3-14,16-17H2,1-2H3. The van der Waals surface area contributed by atoms with Crippen molar-refractivity contribution in [2.45, 2.75) is 104 Å². The molecule has 3 heterocycles. The van der Waals surface area contributed by atoms with Crippen LogP contribution in [0.4, 0.5) is 0 Å². The Hall–Kier alpha value is -0.900. The lowest BCUT2D eigenvalue weighted by atomic mass is 9.98. The molecule has 0 N–H and O–H groups in total. The van der Waals surface area contributed by atoms with Crippen LogP contribution in [0.15, 0.2) is 35.0 Å². The molecule has 0 saturated carbocycles. The van der Waals surface area contributed by atoms with Crippen molar-refractivity contribution in [1.29, 1.82) is 0 Å². The van der Waals surface area contributed by atoms with E-state index in [9.17, 15) is 0 Å². The first kappa shape index (κ1) is 24.7. The van der Waals surface area contributed by atoms with Crippen molar-refractivity contribution in [1.82, 2.24) is 0 Å². The van der Waals surface area contributed by atoms with E-state index >= 15 is 0 Å². The molecule has 0 aliphatic heterocycles. The second kappa shape index (κ2) is 14.3. The van der Waals surface area contributed by atoms with Crippen molar-refractivity contribution in [3.8, 4) is 19.5 Å². The van der Waals surface area contributed by atoms with Gasteiger partial charge in [-0.25, -0.2) is 0 Å². The molecule has 170 valence electrons. The van der Waals surface area contributed by atoms with Crippen LogP contribution in [0, 0.1) is 0 Å². The summed E-state index contributed by atoms with van der Waals surface area (Å²) in [6.07, 6.45) is 19.1. The average Bonchev–Trinajstić information content (AvgIpc) is 3.53. The van der Waals surface area contributed by atoms with E-state index in [4.69, 9.17) is 0 Å². The van der Waals surface area contributed by atoms with Crippen LogP contribution in [0.1, 0.15) is 102 Å². The summed E-state index contributed by atoms with van der Waals surface area (Å²) in [5.74, 6) is 0. The molecule has 3 rings (SSSR count). The van der Waals surface area contributed by atoms with E-state index in [1.165, 1.54) is 105 Å². The Morgan fingerprint density at radius 1 is 0.613 bits per heavy atom. The van der Waals surface area contributed by atoms with Crippen LogP contribution in [0.25, 0.3) is 19.5 Å². The van der Waals surface area contributed by atoms with Gasteiger partial charge >= 0.3 is 0 Å². The van der Waals surface area contributed by atoms with Gasteiger partial charge in [-0.3, -0.25) is 0 Å². The summed E-state index contributed by atoms with van der Waals surface area (Å²) in [7, 11) is 0. The summed E-state index contributed by atoms with van der Waals surface area (Å²) in [5.41, 5.74) is 3.32. The highest BCUT2D eigenvalue weighted by atomic mass is 32.1. The van der Waals surface area contributed by atoms with Crippen molar-refractivity contribution in [2.24, 2.45) is 0 Å². The molecular weight excluding hydrogens is 433 g/mol. The van der Waals surface area contributed by atoms with E-state index in [2.05, 4.69) is 48.9 Å². The lowest BCUT2D eigenvalue weighted by Crippen LogP contribution is -1.94.